The topological polar surface area (TPSA) is 26.7 Å². The lowest BCUT2D eigenvalue weighted by atomic mass is 9.79. The van der Waals surface area contributed by atoms with Crippen LogP contribution >= 0.6 is 0 Å². The number of hydrogen-bond acceptors (Lipinski definition) is 3. The van der Waals surface area contributed by atoms with Crippen molar-refractivity contribution in [3.05, 3.63) is 0 Å². The van der Waals surface area contributed by atoms with Gasteiger partial charge in [0.2, 0.25) is 0 Å². The molecule has 2 aliphatic rings. The van der Waals surface area contributed by atoms with Crippen LogP contribution in [0.1, 0.15) is 39.0 Å². The number of β-amino-alcohol motifs (C(OH)–C–C–N with tert-alkyl or cyclic N) is 1. The van der Waals surface area contributed by atoms with Crippen molar-refractivity contribution in [2.75, 3.05) is 39.3 Å². The fourth-order valence-electron chi connectivity index (χ4n) is 3.27. The molecule has 2 rings (SSSR count). The van der Waals surface area contributed by atoms with E-state index >= 15 is 0 Å². The Labute approximate surface area is 118 Å². The predicted molar refractivity (Wildman–Crippen MR) is 78.9 cm³/mol. The van der Waals surface area contributed by atoms with E-state index in [9.17, 15) is 5.11 Å². The molecule has 0 aromatic rings. The first-order valence-electron chi connectivity index (χ1n) is 7.72. The van der Waals surface area contributed by atoms with E-state index in [1.54, 1.807) is 0 Å². The van der Waals surface area contributed by atoms with E-state index in [-0.39, 0.29) is 0 Å². The van der Waals surface area contributed by atoms with Crippen molar-refractivity contribution in [1.29, 1.82) is 0 Å². The molecular weight excluding hydrogens is 236 g/mol. The summed E-state index contributed by atoms with van der Waals surface area (Å²) < 4.78 is 0. The molecule has 0 spiro atoms. The predicted octanol–water partition coefficient (Wildman–Crippen LogP) is 1.57. The number of rotatable bonds is 4. The Balaban J connectivity index is 1.72. The largest absolute Gasteiger partial charge is 0.389 e. The second-order valence-corrected chi connectivity index (χ2v) is 6.48. The lowest BCUT2D eigenvalue weighted by molar-refractivity contribution is -0.0431. The van der Waals surface area contributed by atoms with Gasteiger partial charge in [0.15, 0.2) is 0 Å². The highest BCUT2D eigenvalue weighted by atomic mass is 16.3. The van der Waals surface area contributed by atoms with Gasteiger partial charge >= 0.3 is 0 Å². The molecule has 1 saturated heterocycles. The van der Waals surface area contributed by atoms with E-state index in [2.05, 4.69) is 22.6 Å². The van der Waals surface area contributed by atoms with E-state index in [0.717, 1.165) is 64.4 Å². The summed E-state index contributed by atoms with van der Waals surface area (Å²) in [6.07, 6.45) is 10.5. The van der Waals surface area contributed by atoms with Gasteiger partial charge in [-0.05, 0) is 31.6 Å². The van der Waals surface area contributed by atoms with E-state index in [1.165, 1.54) is 12.8 Å². The molecule has 0 amide bonds. The van der Waals surface area contributed by atoms with E-state index in [4.69, 9.17) is 6.42 Å². The summed E-state index contributed by atoms with van der Waals surface area (Å²) in [7, 11) is 0. The van der Waals surface area contributed by atoms with Crippen LogP contribution in [0.15, 0.2) is 0 Å². The van der Waals surface area contributed by atoms with Crippen LogP contribution < -0.4 is 0 Å². The second-order valence-electron chi connectivity index (χ2n) is 6.48. The molecule has 1 heterocycles. The third kappa shape index (κ3) is 4.49. The van der Waals surface area contributed by atoms with Crippen LogP contribution in [0, 0.1) is 18.3 Å². The Morgan fingerprint density at radius 3 is 2.32 bits per heavy atom. The zero-order chi connectivity index (χ0) is 13.7. The van der Waals surface area contributed by atoms with Crippen LogP contribution in [0.2, 0.25) is 0 Å². The summed E-state index contributed by atoms with van der Waals surface area (Å²) in [5.41, 5.74) is -0.423. The molecule has 0 aromatic carbocycles. The van der Waals surface area contributed by atoms with Gasteiger partial charge in [-0.15, -0.1) is 12.3 Å². The molecule has 1 saturated carbocycles. The molecule has 2 fully saturated rings. The van der Waals surface area contributed by atoms with Gasteiger partial charge in [-0.1, -0.05) is 6.92 Å². The quantitative estimate of drug-likeness (QED) is 0.781. The Bertz CT molecular complexity index is 307. The molecule has 3 heteroatoms. The minimum absolute atomic E-state index is 0.423. The maximum absolute atomic E-state index is 10.7. The van der Waals surface area contributed by atoms with Crippen LogP contribution in [0.5, 0.6) is 0 Å². The number of terminal acetylenes is 1. The molecule has 3 nitrogen and oxygen atoms in total. The molecule has 0 radical (unpaired) electrons. The van der Waals surface area contributed by atoms with Crippen LogP contribution in [0.3, 0.4) is 0 Å². The van der Waals surface area contributed by atoms with Gasteiger partial charge in [-0.3, -0.25) is 9.80 Å². The normalized spacial score (nSPS) is 34.1. The molecule has 19 heavy (non-hydrogen) atoms. The number of nitrogens with zero attached hydrogens (tertiary/aromatic N) is 2. The summed E-state index contributed by atoms with van der Waals surface area (Å²) in [6, 6.07) is 0. The van der Waals surface area contributed by atoms with E-state index in [1.807, 2.05) is 0 Å². The van der Waals surface area contributed by atoms with Gasteiger partial charge in [0.1, 0.15) is 0 Å². The van der Waals surface area contributed by atoms with Gasteiger partial charge in [0.25, 0.3) is 0 Å². The van der Waals surface area contributed by atoms with Gasteiger partial charge in [0, 0.05) is 45.7 Å². The third-order valence-corrected chi connectivity index (χ3v) is 4.76. The van der Waals surface area contributed by atoms with Gasteiger partial charge < -0.3 is 5.11 Å². The Morgan fingerprint density at radius 1 is 1.16 bits per heavy atom. The SMILES string of the molecule is C#CCCN1CCN(CC2(O)CCC(C)CC2)CC1. The van der Waals surface area contributed by atoms with Gasteiger partial charge in [0.05, 0.1) is 5.60 Å². The summed E-state index contributed by atoms with van der Waals surface area (Å²) in [5.74, 6) is 3.50. The highest BCUT2D eigenvalue weighted by Gasteiger charge is 2.34. The summed E-state index contributed by atoms with van der Waals surface area (Å²) >= 11 is 0. The first-order chi connectivity index (χ1) is 9.11. The molecular formula is C16H28N2O. The third-order valence-electron chi connectivity index (χ3n) is 4.76. The smallest absolute Gasteiger partial charge is 0.0774 e. The lowest BCUT2D eigenvalue weighted by Crippen LogP contribution is -2.52. The van der Waals surface area contributed by atoms with Crippen LogP contribution in [0.25, 0.3) is 0 Å². The average molecular weight is 264 g/mol. The highest BCUT2D eigenvalue weighted by molar-refractivity contribution is 4.89. The summed E-state index contributed by atoms with van der Waals surface area (Å²) in [5, 5.41) is 10.7. The number of hydrogen-bond donors (Lipinski definition) is 1. The van der Waals surface area contributed by atoms with Crippen molar-refractivity contribution in [1.82, 2.24) is 9.80 Å². The van der Waals surface area contributed by atoms with Gasteiger partial charge in [-0.2, -0.15) is 0 Å². The van der Waals surface area contributed by atoms with Crippen LogP contribution in [0.4, 0.5) is 0 Å². The fraction of sp³-hybridized carbons (Fsp3) is 0.875. The molecule has 0 bridgehead atoms. The first kappa shape index (κ1) is 14.8. The Hall–Kier alpha value is -0.560. The van der Waals surface area contributed by atoms with E-state index in [0.29, 0.717) is 0 Å². The van der Waals surface area contributed by atoms with Crippen LogP contribution in [-0.4, -0.2) is 59.8 Å². The minimum atomic E-state index is -0.423. The lowest BCUT2D eigenvalue weighted by Gasteiger charge is -2.42. The summed E-state index contributed by atoms with van der Waals surface area (Å²) in [6.45, 7) is 8.51. The molecule has 0 atom stereocenters. The fourth-order valence-corrected chi connectivity index (χ4v) is 3.27. The van der Waals surface area contributed by atoms with Crippen molar-refractivity contribution < 1.29 is 5.11 Å². The standard InChI is InChI=1S/C16H28N2O/c1-3-4-9-17-10-12-18(13-11-17)14-16(19)7-5-15(2)6-8-16/h1,15,19H,4-14H2,2H3. The zero-order valence-electron chi connectivity index (χ0n) is 12.3. The molecule has 108 valence electrons. The van der Waals surface area contributed by atoms with Crippen molar-refractivity contribution in [3.63, 3.8) is 0 Å². The molecule has 1 aliphatic heterocycles. The zero-order valence-corrected chi connectivity index (χ0v) is 12.3. The molecule has 0 aromatic heterocycles. The summed E-state index contributed by atoms with van der Waals surface area (Å²) in [4.78, 5) is 4.87. The van der Waals surface area contributed by atoms with Crippen molar-refractivity contribution in [2.45, 2.75) is 44.6 Å². The minimum Gasteiger partial charge on any atom is -0.389 e. The van der Waals surface area contributed by atoms with Gasteiger partial charge in [-0.25, -0.2) is 0 Å². The molecule has 1 N–H and O–H groups in total. The maximum Gasteiger partial charge on any atom is 0.0774 e. The van der Waals surface area contributed by atoms with Crippen molar-refractivity contribution in [2.24, 2.45) is 5.92 Å². The van der Waals surface area contributed by atoms with Crippen LogP contribution in [-0.2, 0) is 0 Å². The van der Waals surface area contributed by atoms with E-state index < -0.39 is 5.60 Å². The monoisotopic (exact) mass is 264 g/mol. The number of aliphatic hydroxyl groups is 1. The highest BCUT2D eigenvalue weighted by Crippen LogP contribution is 2.32. The number of piperazine rings is 1. The van der Waals surface area contributed by atoms with Crippen molar-refractivity contribution >= 4 is 0 Å². The molecule has 1 aliphatic carbocycles. The maximum atomic E-state index is 10.7. The molecule has 0 unspecified atom stereocenters. The Morgan fingerprint density at radius 2 is 1.74 bits per heavy atom. The first-order valence-corrected chi connectivity index (χ1v) is 7.72. The second kappa shape index (κ2) is 6.74. The average Bonchev–Trinajstić information content (AvgIpc) is 2.42. The van der Waals surface area contributed by atoms with Crippen molar-refractivity contribution in [3.8, 4) is 12.3 Å². The Kier molecular flexibility index (Phi) is 5.27.